The summed E-state index contributed by atoms with van der Waals surface area (Å²) in [5.74, 6) is -0.0379. The number of halogens is 3. The fraction of sp³-hybridized carbons (Fsp3) is 0.632. The van der Waals surface area contributed by atoms with Crippen molar-refractivity contribution in [1.82, 2.24) is 15.5 Å². The topological polar surface area (TPSA) is 53.6 Å². The third-order valence-electron chi connectivity index (χ3n) is 4.76. The van der Waals surface area contributed by atoms with Crippen LogP contribution in [0.5, 0.6) is 0 Å². The van der Waals surface area contributed by atoms with Crippen molar-refractivity contribution in [3.05, 3.63) is 35.4 Å². The number of methoxy groups -OCH3 is 1. The molecule has 1 amide bonds. The van der Waals surface area contributed by atoms with Crippen molar-refractivity contribution in [2.45, 2.75) is 51.1 Å². The Morgan fingerprint density at radius 2 is 2.11 bits per heavy atom. The predicted octanol–water partition coefficient (Wildman–Crippen LogP) is 2.41. The van der Waals surface area contributed by atoms with E-state index >= 15 is 0 Å². The Balaban J connectivity index is 1.95. The molecule has 0 saturated carbocycles. The lowest BCUT2D eigenvalue weighted by Gasteiger charge is -2.27. The first-order valence-corrected chi connectivity index (χ1v) is 9.14. The Morgan fingerprint density at radius 1 is 1.37 bits per heavy atom. The van der Waals surface area contributed by atoms with Gasteiger partial charge in [-0.1, -0.05) is 18.2 Å². The van der Waals surface area contributed by atoms with Gasteiger partial charge >= 0.3 is 6.18 Å². The molecule has 1 fully saturated rings. The van der Waals surface area contributed by atoms with Crippen LogP contribution in [0.1, 0.15) is 31.4 Å². The van der Waals surface area contributed by atoms with E-state index in [1.165, 1.54) is 6.07 Å². The van der Waals surface area contributed by atoms with E-state index in [2.05, 4.69) is 15.5 Å². The molecule has 1 aliphatic rings. The van der Waals surface area contributed by atoms with Gasteiger partial charge in [-0.3, -0.25) is 9.69 Å². The van der Waals surface area contributed by atoms with Gasteiger partial charge in [0.05, 0.1) is 18.2 Å². The van der Waals surface area contributed by atoms with E-state index in [0.717, 1.165) is 12.1 Å². The van der Waals surface area contributed by atoms with Crippen molar-refractivity contribution >= 4 is 5.91 Å². The second kappa shape index (κ2) is 9.52. The smallest absolute Gasteiger partial charge is 0.383 e. The lowest BCUT2D eigenvalue weighted by atomic mass is 10.1. The minimum absolute atomic E-state index is 0.0379. The van der Waals surface area contributed by atoms with Gasteiger partial charge in [0.25, 0.3) is 0 Å². The fourth-order valence-corrected chi connectivity index (χ4v) is 3.35. The Morgan fingerprint density at radius 3 is 2.74 bits per heavy atom. The van der Waals surface area contributed by atoms with Crippen LogP contribution < -0.4 is 10.6 Å². The normalized spacial score (nSPS) is 21.0. The summed E-state index contributed by atoms with van der Waals surface area (Å²) in [7, 11) is 1.58. The number of hydrogen-bond donors (Lipinski definition) is 2. The van der Waals surface area contributed by atoms with E-state index in [1.807, 2.05) is 13.8 Å². The van der Waals surface area contributed by atoms with E-state index in [4.69, 9.17) is 4.74 Å². The van der Waals surface area contributed by atoms with Gasteiger partial charge in [0.15, 0.2) is 0 Å². The number of amides is 1. The van der Waals surface area contributed by atoms with Crippen LogP contribution in [0.4, 0.5) is 13.2 Å². The summed E-state index contributed by atoms with van der Waals surface area (Å²) in [5, 5.41) is 6.17. The average molecular weight is 387 g/mol. The summed E-state index contributed by atoms with van der Waals surface area (Å²) in [6, 6.07) is 5.31. The van der Waals surface area contributed by atoms with Crippen molar-refractivity contribution in [3.63, 3.8) is 0 Å². The number of alkyl halides is 3. The number of rotatable bonds is 8. The van der Waals surface area contributed by atoms with Crippen LogP contribution in [-0.4, -0.2) is 55.7 Å². The van der Waals surface area contributed by atoms with E-state index in [9.17, 15) is 18.0 Å². The third-order valence-corrected chi connectivity index (χ3v) is 4.76. The van der Waals surface area contributed by atoms with Crippen molar-refractivity contribution < 1.29 is 22.7 Å². The SMILES string of the molecule is COCCNC(=O)[C@@H]1C[C@@H](NCc2cccc(C(F)(F)F)c2)CN1C(C)C. The molecule has 2 atom stereocenters. The second-order valence-corrected chi connectivity index (χ2v) is 7.10. The molecule has 1 heterocycles. The highest BCUT2D eigenvalue weighted by atomic mass is 19.4. The summed E-state index contributed by atoms with van der Waals surface area (Å²) in [4.78, 5) is 14.6. The molecule has 152 valence electrons. The summed E-state index contributed by atoms with van der Waals surface area (Å²) in [6.07, 6.45) is -3.72. The highest BCUT2D eigenvalue weighted by molar-refractivity contribution is 5.82. The Hall–Kier alpha value is -1.64. The third kappa shape index (κ3) is 6.19. The number of carbonyl (C=O) groups excluding carboxylic acids is 1. The van der Waals surface area contributed by atoms with Crippen molar-refractivity contribution in [2.24, 2.45) is 0 Å². The highest BCUT2D eigenvalue weighted by Crippen LogP contribution is 2.29. The first-order valence-electron chi connectivity index (χ1n) is 9.14. The number of benzene rings is 1. The molecule has 1 aromatic carbocycles. The van der Waals surface area contributed by atoms with Crippen LogP contribution in [0.3, 0.4) is 0 Å². The minimum atomic E-state index is -4.34. The lowest BCUT2D eigenvalue weighted by Crippen LogP contribution is -2.46. The zero-order valence-electron chi connectivity index (χ0n) is 16.0. The average Bonchev–Trinajstić information content (AvgIpc) is 3.04. The van der Waals surface area contributed by atoms with Crippen LogP contribution in [0, 0.1) is 0 Å². The summed E-state index contributed by atoms with van der Waals surface area (Å²) < 4.78 is 43.5. The van der Waals surface area contributed by atoms with Crippen molar-refractivity contribution in [3.8, 4) is 0 Å². The Kier molecular flexibility index (Phi) is 7.64. The van der Waals surface area contributed by atoms with Crippen LogP contribution in [0.15, 0.2) is 24.3 Å². The largest absolute Gasteiger partial charge is 0.416 e. The first kappa shape index (κ1) is 21.7. The van der Waals surface area contributed by atoms with Gasteiger partial charge in [0.2, 0.25) is 5.91 Å². The summed E-state index contributed by atoms with van der Waals surface area (Å²) >= 11 is 0. The molecule has 5 nitrogen and oxygen atoms in total. The number of nitrogens with zero attached hydrogens (tertiary/aromatic N) is 1. The molecule has 27 heavy (non-hydrogen) atoms. The number of ether oxygens (including phenoxy) is 1. The van der Waals surface area contributed by atoms with Gasteiger partial charge in [-0.2, -0.15) is 13.2 Å². The molecule has 0 unspecified atom stereocenters. The van der Waals surface area contributed by atoms with Gasteiger partial charge in [-0.05, 0) is 31.9 Å². The molecule has 1 aromatic rings. The molecule has 1 aliphatic heterocycles. The van der Waals surface area contributed by atoms with Crippen LogP contribution in [0.25, 0.3) is 0 Å². The first-order chi connectivity index (χ1) is 12.7. The fourth-order valence-electron chi connectivity index (χ4n) is 3.35. The molecule has 1 saturated heterocycles. The molecule has 8 heteroatoms. The summed E-state index contributed by atoms with van der Waals surface area (Å²) in [6.45, 7) is 5.99. The zero-order valence-corrected chi connectivity index (χ0v) is 16.0. The molecule has 0 aliphatic carbocycles. The number of nitrogens with one attached hydrogen (secondary N) is 2. The van der Waals surface area contributed by atoms with Crippen molar-refractivity contribution in [2.75, 3.05) is 26.8 Å². The molecule has 2 N–H and O–H groups in total. The highest BCUT2D eigenvalue weighted by Gasteiger charge is 2.37. The van der Waals surface area contributed by atoms with E-state index in [-0.39, 0.29) is 24.0 Å². The maximum Gasteiger partial charge on any atom is 0.416 e. The molecule has 0 aromatic heterocycles. The van der Waals surface area contributed by atoms with Crippen LogP contribution in [0.2, 0.25) is 0 Å². The molecule has 0 radical (unpaired) electrons. The number of hydrogen-bond acceptors (Lipinski definition) is 4. The molecular weight excluding hydrogens is 359 g/mol. The van der Waals surface area contributed by atoms with Gasteiger partial charge in [0.1, 0.15) is 0 Å². The number of likely N-dealkylation sites (tertiary alicyclic amines) is 1. The van der Waals surface area contributed by atoms with Crippen LogP contribution >= 0.6 is 0 Å². The zero-order chi connectivity index (χ0) is 20.0. The molecule has 0 spiro atoms. The van der Waals surface area contributed by atoms with Gasteiger partial charge < -0.3 is 15.4 Å². The molecular formula is C19H28F3N3O2. The number of carbonyl (C=O) groups is 1. The van der Waals surface area contributed by atoms with E-state index in [0.29, 0.717) is 38.2 Å². The van der Waals surface area contributed by atoms with Crippen molar-refractivity contribution in [1.29, 1.82) is 0 Å². The summed E-state index contributed by atoms with van der Waals surface area (Å²) in [5.41, 5.74) is -0.0682. The van der Waals surface area contributed by atoms with E-state index in [1.54, 1.807) is 13.2 Å². The Labute approximate surface area is 158 Å². The standard InChI is InChI=1S/C19H28F3N3O2/c1-13(2)25-12-16(10-17(25)18(26)23-7-8-27-3)24-11-14-5-4-6-15(9-14)19(20,21)22/h4-6,9,13,16-17,24H,7-8,10-12H2,1-3H3,(H,23,26)/t16-,17+/m1/s1. The Bertz CT molecular complexity index is 622. The maximum atomic E-state index is 12.8. The second-order valence-electron chi connectivity index (χ2n) is 7.10. The quantitative estimate of drug-likeness (QED) is 0.673. The van der Waals surface area contributed by atoms with Gasteiger partial charge in [-0.15, -0.1) is 0 Å². The maximum absolute atomic E-state index is 12.8. The van der Waals surface area contributed by atoms with Crippen LogP contribution in [-0.2, 0) is 22.3 Å². The predicted molar refractivity (Wildman–Crippen MR) is 97.2 cm³/mol. The van der Waals surface area contributed by atoms with Gasteiger partial charge in [0, 0.05) is 38.8 Å². The molecule has 0 bridgehead atoms. The van der Waals surface area contributed by atoms with E-state index < -0.39 is 11.7 Å². The monoisotopic (exact) mass is 387 g/mol. The molecule has 2 rings (SSSR count). The minimum Gasteiger partial charge on any atom is -0.383 e. The van der Waals surface area contributed by atoms with Gasteiger partial charge in [-0.25, -0.2) is 0 Å². The lowest BCUT2D eigenvalue weighted by molar-refractivity contribution is -0.137.